The largest absolute Gasteiger partial charge is 0.504 e. The second-order valence-corrected chi connectivity index (χ2v) is 8.29. The van der Waals surface area contributed by atoms with Crippen molar-refractivity contribution in [3.8, 4) is 5.75 Å². The van der Waals surface area contributed by atoms with Gasteiger partial charge in [0.25, 0.3) is 26.2 Å². The molecule has 0 spiro atoms. The number of hydrogen-bond donors (Lipinski definition) is 5. The first kappa shape index (κ1) is 19.1. The molecule has 5 N–H and O–H groups in total. The molecule has 0 atom stereocenters. The van der Waals surface area contributed by atoms with Gasteiger partial charge in [-0.1, -0.05) is 6.07 Å². The zero-order valence-corrected chi connectivity index (χ0v) is 15.3. The topological polar surface area (TPSA) is 198 Å². The van der Waals surface area contributed by atoms with Gasteiger partial charge >= 0.3 is 0 Å². The first-order chi connectivity index (χ1) is 12.5. The number of phenols is 1. The molecule has 2 aromatic carbocycles. The number of aromatic nitrogens is 3. The van der Waals surface area contributed by atoms with Crippen LogP contribution in [0.4, 0.5) is 11.6 Å². The van der Waals surface area contributed by atoms with Crippen molar-refractivity contribution in [2.24, 2.45) is 10.2 Å². The summed E-state index contributed by atoms with van der Waals surface area (Å²) in [7, 11) is -9.46. The Morgan fingerprint density at radius 1 is 1.00 bits per heavy atom. The molecule has 0 radical (unpaired) electrons. The standard InChI is InChI=1S/C12H9N5O7S3/c18-10-8(27(22,23)24)4-5-3-6(26(19,20)21)1-2-7(5)9(10)14-15-11-13-12(25)17-16-11/h1-4,18H,(H,19,20,21)(H,22,23,24)(H2,13,16,17,25). The minimum atomic E-state index is -4.88. The van der Waals surface area contributed by atoms with Crippen LogP contribution in [0.25, 0.3) is 10.8 Å². The van der Waals surface area contributed by atoms with Crippen molar-refractivity contribution in [1.29, 1.82) is 0 Å². The maximum absolute atomic E-state index is 11.5. The number of nitrogens with zero attached hydrogens (tertiary/aromatic N) is 3. The molecule has 0 bridgehead atoms. The first-order valence-corrected chi connectivity index (χ1v) is 10.1. The molecular formula is C12H9N5O7S3. The number of H-pyrrole nitrogens is 2. The highest BCUT2D eigenvalue weighted by molar-refractivity contribution is 7.86. The first-order valence-electron chi connectivity index (χ1n) is 6.78. The van der Waals surface area contributed by atoms with Gasteiger partial charge in [0.05, 0.1) is 4.90 Å². The molecule has 0 saturated carbocycles. The second kappa shape index (κ2) is 6.46. The molecule has 0 aliphatic heterocycles. The summed E-state index contributed by atoms with van der Waals surface area (Å²) >= 11 is 4.74. The van der Waals surface area contributed by atoms with Gasteiger partial charge in [-0.05, 0) is 35.8 Å². The van der Waals surface area contributed by atoms with E-state index in [1.54, 1.807) is 0 Å². The summed E-state index contributed by atoms with van der Waals surface area (Å²) in [4.78, 5) is 2.28. The zero-order chi connectivity index (χ0) is 20.0. The van der Waals surface area contributed by atoms with Crippen molar-refractivity contribution >= 4 is 54.9 Å². The molecule has 3 rings (SSSR count). The maximum atomic E-state index is 11.5. The minimum Gasteiger partial charge on any atom is -0.504 e. The normalized spacial score (nSPS) is 12.8. The Labute approximate surface area is 156 Å². The molecule has 1 heterocycles. The van der Waals surface area contributed by atoms with E-state index < -0.39 is 35.8 Å². The van der Waals surface area contributed by atoms with Crippen molar-refractivity contribution in [2.45, 2.75) is 9.79 Å². The van der Waals surface area contributed by atoms with Gasteiger partial charge in [-0.2, -0.15) is 21.8 Å². The van der Waals surface area contributed by atoms with Gasteiger partial charge in [-0.15, -0.1) is 10.2 Å². The predicted octanol–water partition coefficient (Wildman–Crippen LogP) is 2.23. The van der Waals surface area contributed by atoms with E-state index in [0.29, 0.717) is 0 Å². The zero-order valence-electron chi connectivity index (χ0n) is 12.9. The lowest BCUT2D eigenvalue weighted by molar-refractivity contribution is 0.445. The van der Waals surface area contributed by atoms with Crippen molar-refractivity contribution in [1.82, 2.24) is 15.2 Å². The average molecular weight is 431 g/mol. The Balaban J connectivity index is 2.34. The third-order valence-electron chi connectivity index (χ3n) is 3.33. The van der Waals surface area contributed by atoms with E-state index in [0.717, 1.165) is 18.2 Å². The van der Waals surface area contributed by atoms with E-state index in [1.165, 1.54) is 6.07 Å². The van der Waals surface area contributed by atoms with Gasteiger partial charge in [0.1, 0.15) is 10.6 Å². The van der Waals surface area contributed by atoms with Crippen molar-refractivity contribution in [3.05, 3.63) is 29.0 Å². The van der Waals surface area contributed by atoms with E-state index in [4.69, 9.17) is 16.8 Å². The third kappa shape index (κ3) is 3.86. The van der Waals surface area contributed by atoms with Crippen LogP contribution in [0.3, 0.4) is 0 Å². The average Bonchev–Trinajstić information content (AvgIpc) is 2.96. The fourth-order valence-electron chi connectivity index (χ4n) is 2.19. The number of benzene rings is 2. The Morgan fingerprint density at radius 3 is 2.26 bits per heavy atom. The quantitative estimate of drug-likeness (QED) is 0.233. The number of fused-ring (bicyclic) bond motifs is 1. The summed E-state index contributed by atoms with van der Waals surface area (Å²) in [6.07, 6.45) is 0. The summed E-state index contributed by atoms with van der Waals surface area (Å²) in [6, 6.07) is 3.97. The SMILES string of the molecule is O=S(=O)(O)c1ccc2c(N=Nc3nc(=S)[nH][nH]3)c(O)c(S(=O)(=O)O)cc2c1. The van der Waals surface area contributed by atoms with Crippen LogP contribution in [-0.2, 0) is 20.2 Å². The summed E-state index contributed by atoms with van der Waals surface area (Å²) < 4.78 is 64.2. The maximum Gasteiger partial charge on any atom is 0.298 e. The van der Waals surface area contributed by atoms with Crippen molar-refractivity contribution in [2.75, 3.05) is 0 Å². The van der Waals surface area contributed by atoms with Crippen LogP contribution >= 0.6 is 12.2 Å². The lowest BCUT2D eigenvalue weighted by Crippen LogP contribution is -2.00. The van der Waals surface area contributed by atoms with E-state index in [9.17, 15) is 26.5 Å². The summed E-state index contributed by atoms with van der Waals surface area (Å²) in [6.45, 7) is 0. The van der Waals surface area contributed by atoms with Crippen LogP contribution in [0.1, 0.15) is 0 Å². The van der Waals surface area contributed by atoms with E-state index in [1.807, 2.05) is 0 Å². The van der Waals surface area contributed by atoms with Gasteiger partial charge < -0.3 is 5.11 Å². The minimum absolute atomic E-state index is 0.0561. The number of azo groups is 1. The van der Waals surface area contributed by atoms with Crippen molar-refractivity contribution < 1.29 is 31.0 Å². The molecule has 0 amide bonds. The van der Waals surface area contributed by atoms with Crippen LogP contribution in [0, 0.1) is 4.77 Å². The molecule has 0 fully saturated rings. The molecule has 3 aromatic rings. The summed E-state index contributed by atoms with van der Waals surface area (Å²) in [5.74, 6) is -0.998. The van der Waals surface area contributed by atoms with Crippen molar-refractivity contribution in [3.63, 3.8) is 0 Å². The molecule has 27 heavy (non-hydrogen) atoms. The van der Waals surface area contributed by atoms with Crippen LogP contribution in [0.5, 0.6) is 5.75 Å². The molecule has 0 saturated heterocycles. The molecule has 12 nitrogen and oxygen atoms in total. The fraction of sp³-hybridized carbons (Fsp3) is 0. The molecule has 0 aliphatic carbocycles. The van der Waals surface area contributed by atoms with E-state index >= 15 is 0 Å². The molecule has 1 aromatic heterocycles. The molecule has 15 heteroatoms. The van der Waals surface area contributed by atoms with Gasteiger partial charge in [-0.25, -0.2) is 0 Å². The number of phenolic OH excluding ortho intramolecular Hbond substituents is 1. The number of rotatable bonds is 4. The Bertz CT molecular complexity index is 1360. The Kier molecular flexibility index (Phi) is 4.56. The number of aromatic hydroxyl groups is 1. The van der Waals surface area contributed by atoms with E-state index in [2.05, 4.69) is 25.4 Å². The van der Waals surface area contributed by atoms with Gasteiger partial charge in [0, 0.05) is 5.39 Å². The predicted molar refractivity (Wildman–Crippen MR) is 93.2 cm³/mol. The highest BCUT2D eigenvalue weighted by Crippen LogP contribution is 2.41. The van der Waals surface area contributed by atoms with Gasteiger partial charge in [0.15, 0.2) is 5.75 Å². The van der Waals surface area contributed by atoms with Crippen LogP contribution < -0.4 is 0 Å². The molecule has 0 unspecified atom stereocenters. The highest BCUT2D eigenvalue weighted by Gasteiger charge is 2.23. The van der Waals surface area contributed by atoms with E-state index in [-0.39, 0.29) is 27.2 Å². The van der Waals surface area contributed by atoms with Crippen LogP contribution in [0.15, 0.2) is 44.3 Å². The highest BCUT2D eigenvalue weighted by atomic mass is 32.2. The molecule has 0 aliphatic rings. The smallest absolute Gasteiger partial charge is 0.298 e. The van der Waals surface area contributed by atoms with Crippen LogP contribution in [-0.4, -0.2) is 46.2 Å². The molecular weight excluding hydrogens is 422 g/mol. The lowest BCUT2D eigenvalue weighted by atomic mass is 10.1. The lowest BCUT2D eigenvalue weighted by Gasteiger charge is -2.09. The van der Waals surface area contributed by atoms with Crippen LogP contribution in [0.2, 0.25) is 0 Å². The number of aromatic amines is 2. The fourth-order valence-corrected chi connectivity index (χ4v) is 3.46. The van der Waals surface area contributed by atoms with Gasteiger partial charge in [0.2, 0.25) is 4.77 Å². The molecule has 142 valence electrons. The summed E-state index contributed by atoms with van der Waals surface area (Å²) in [5, 5.41) is 22.5. The van der Waals surface area contributed by atoms with Gasteiger partial charge in [-0.3, -0.25) is 19.3 Å². The Hall–Kier alpha value is -2.72. The third-order valence-corrected chi connectivity index (χ3v) is 5.24. The number of hydrogen-bond acceptors (Lipinski definition) is 9. The Morgan fingerprint density at radius 2 is 1.70 bits per heavy atom. The second-order valence-electron chi connectivity index (χ2n) is 5.10. The summed E-state index contributed by atoms with van der Waals surface area (Å²) in [5.41, 5.74) is -0.385. The number of nitrogens with one attached hydrogen (secondary N) is 2. The monoisotopic (exact) mass is 431 g/mol.